The highest BCUT2D eigenvalue weighted by Gasteiger charge is 2.07. The van der Waals surface area contributed by atoms with Gasteiger partial charge in [0.05, 0.1) is 23.6 Å². The minimum Gasteiger partial charge on any atom is -0.369 e. The zero-order chi connectivity index (χ0) is 10.3. The molecule has 3 N–H and O–H groups in total. The highest BCUT2D eigenvalue weighted by Crippen LogP contribution is 2.22. The Morgan fingerprint density at radius 3 is 3.00 bits per heavy atom. The van der Waals surface area contributed by atoms with Gasteiger partial charge in [-0.3, -0.25) is 0 Å². The van der Waals surface area contributed by atoms with Gasteiger partial charge >= 0.3 is 0 Å². The number of aromatic nitrogens is 4. The number of nitrogen functional groups attached to an aromatic ring is 1. The van der Waals surface area contributed by atoms with E-state index in [9.17, 15) is 0 Å². The molecule has 0 aromatic carbocycles. The Morgan fingerprint density at radius 1 is 1.27 bits per heavy atom. The van der Waals surface area contributed by atoms with Gasteiger partial charge in [-0.05, 0) is 12.1 Å². The molecule has 0 aliphatic heterocycles. The number of H-pyrrole nitrogens is 1. The SMILES string of the molecule is Nc1ncc(-c2cnn3ccccc23)[nH]1. The Hall–Kier alpha value is -2.30. The summed E-state index contributed by atoms with van der Waals surface area (Å²) in [6, 6.07) is 5.91. The van der Waals surface area contributed by atoms with Crippen LogP contribution < -0.4 is 5.73 Å². The van der Waals surface area contributed by atoms with Gasteiger partial charge in [0.1, 0.15) is 0 Å². The molecule has 0 spiro atoms. The minimum absolute atomic E-state index is 0.417. The number of hydrogen-bond acceptors (Lipinski definition) is 3. The summed E-state index contributed by atoms with van der Waals surface area (Å²) in [4.78, 5) is 6.95. The topological polar surface area (TPSA) is 72.0 Å². The Labute approximate surface area is 85.6 Å². The minimum atomic E-state index is 0.417. The lowest BCUT2D eigenvalue weighted by molar-refractivity contribution is 0.961. The van der Waals surface area contributed by atoms with Gasteiger partial charge in [0, 0.05) is 11.8 Å². The van der Waals surface area contributed by atoms with E-state index in [1.165, 1.54) is 0 Å². The number of imidazole rings is 1. The van der Waals surface area contributed by atoms with E-state index in [2.05, 4.69) is 15.1 Å². The lowest BCUT2D eigenvalue weighted by atomic mass is 10.2. The van der Waals surface area contributed by atoms with E-state index in [0.717, 1.165) is 16.8 Å². The molecule has 0 fully saturated rings. The quantitative estimate of drug-likeness (QED) is 0.620. The van der Waals surface area contributed by atoms with Gasteiger partial charge in [0.2, 0.25) is 0 Å². The van der Waals surface area contributed by atoms with Crippen LogP contribution in [0.4, 0.5) is 5.95 Å². The number of rotatable bonds is 1. The predicted octanol–water partition coefficient (Wildman–Crippen LogP) is 1.31. The summed E-state index contributed by atoms with van der Waals surface area (Å²) >= 11 is 0. The Bertz CT molecular complexity index is 607. The van der Waals surface area contributed by atoms with Crippen LogP contribution in [0.1, 0.15) is 0 Å². The van der Waals surface area contributed by atoms with E-state index in [1.807, 2.05) is 28.9 Å². The molecule has 15 heavy (non-hydrogen) atoms. The molecule has 0 aliphatic carbocycles. The van der Waals surface area contributed by atoms with Crippen molar-refractivity contribution >= 4 is 11.5 Å². The van der Waals surface area contributed by atoms with Gasteiger partial charge in [0.15, 0.2) is 5.95 Å². The lowest BCUT2D eigenvalue weighted by Crippen LogP contribution is -1.86. The molecule has 3 heterocycles. The summed E-state index contributed by atoms with van der Waals surface area (Å²) in [5, 5.41) is 4.23. The van der Waals surface area contributed by atoms with E-state index in [-0.39, 0.29) is 0 Å². The van der Waals surface area contributed by atoms with Crippen LogP contribution in [0.3, 0.4) is 0 Å². The second-order valence-electron chi connectivity index (χ2n) is 3.27. The van der Waals surface area contributed by atoms with Crippen LogP contribution in [0.15, 0.2) is 36.8 Å². The molecule has 3 aromatic rings. The number of aromatic amines is 1. The van der Waals surface area contributed by atoms with E-state index in [0.29, 0.717) is 5.95 Å². The molecule has 0 aliphatic rings. The van der Waals surface area contributed by atoms with Gasteiger partial charge in [-0.15, -0.1) is 0 Å². The number of fused-ring (bicyclic) bond motifs is 1. The summed E-state index contributed by atoms with van der Waals surface area (Å²) < 4.78 is 1.81. The van der Waals surface area contributed by atoms with Crippen LogP contribution in [0.25, 0.3) is 16.8 Å². The zero-order valence-electron chi connectivity index (χ0n) is 7.88. The smallest absolute Gasteiger partial charge is 0.197 e. The Kier molecular flexibility index (Phi) is 1.53. The fourth-order valence-corrected chi connectivity index (χ4v) is 1.62. The first-order valence-electron chi connectivity index (χ1n) is 4.58. The average Bonchev–Trinajstić information content (AvgIpc) is 2.83. The maximum absolute atomic E-state index is 5.53. The first kappa shape index (κ1) is 8.05. The normalized spacial score (nSPS) is 10.9. The molecule has 3 aromatic heterocycles. The lowest BCUT2D eigenvalue weighted by Gasteiger charge is -1.94. The molecule has 74 valence electrons. The van der Waals surface area contributed by atoms with Crippen molar-refractivity contribution in [2.45, 2.75) is 0 Å². The van der Waals surface area contributed by atoms with E-state index >= 15 is 0 Å². The summed E-state index contributed by atoms with van der Waals surface area (Å²) in [5.74, 6) is 0.417. The van der Waals surface area contributed by atoms with Crippen molar-refractivity contribution in [1.29, 1.82) is 0 Å². The molecule has 5 nitrogen and oxygen atoms in total. The molecule has 0 saturated heterocycles. The first-order valence-corrected chi connectivity index (χ1v) is 4.58. The number of nitrogens with one attached hydrogen (secondary N) is 1. The van der Waals surface area contributed by atoms with Gasteiger partial charge in [-0.25, -0.2) is 9.50 Å². The van der Waals surface area contributed by atoms with Crippen LogP contribution in [-0.2, 0) is 0 Å². The van der Waals surface area contributed by atoms with Gasteiger partial charge in [-0.2, -0.15) is 5.10 Å². The van der Waals surface area contributed by atoms with E-state index in [1.54, 1.807) is 12.4 Å². The Morgan fingerprint density at radius 2 is 2.20 bits per heavy atom. The molecular formula is C10H9N5. The van der Waals surface area contributed by atoms with E-state index < -0.39 is 0 Å². The molecule has 0 amide bonds. The maximum atomic E-state index is 5.53. The molecule has 0 radical (unpaired) electrons. The van der Waals surface area contributed by atoms with Gasteiger partial charge in [0.25, 0.3) is 0 Å². The molecule has 0 unspecified atom stereocenters. The van der Waals surface area contributed by atoms with Crippen LogP contribution >= 0.6 is 0 Å². The number of nitrogens with two attached hydrogens (primary N) is 1. The highest BCUT2D eigenvalue weighted by atomic mass is 15.2. The van der Waals surface area contributed by atoms with Crippen LogP contribution in [-0.4, -0.2) is 19.6 Å². The van der Waals surface area contributed by atoms with Crippen LogP contribution in [0, 0.1) is 0 Å². The predicted molar refractivity (Wildman–Crippen MR) is 57.2 cm³/mol. The second-order valence-corrected chi connectivity index (χ2v) is 3.27. The monoisotopic (exact) mass is 199 g/mol. The Balaban J connectivity index is 2.27. The third-order valence-corrected chi connectivity index (χ3v) is 2.31. The second kappa shape index (κ2) is 2.84. The molecule has 5 heteroatoms. The summed E-state index contributed by atoms with van der Waals surface area (Å²) in [6.45, 7) is 0. The van der Waals surface area contributed by atoms with Gasteiger partial charge in [-0.1, -0.05) is 6.07 Å². The molecular weight excluding hydrogens is 190 g/mol. The van der Waals surface area contributed by atoms with Crippen LogP contribution in [0.2, 0.25) is 0 Å². The number of pyridine rings is 1. The maximum Gasteiger partial charge on any atom is 0.197 e. The summed E-state index contributed by atoms with van der Waals surface area (Å²) in [7, 11) is 0. The van der Waals surface area contributed by atoms with Crippen LogP contribution in [0.5, 0.6) is 0 Å². The molecule has 0 saturated carbocycles. The number of anilines is 1. The fraction of sp³-hybridized carbons (Fsp3) is 0. The first-order chi connectivity index (χ1) is 7.34. The van der Waals surface area contributed by atoms with Gasteiger partial charge < -0.3 is 10.7 Å². The van der Waals surface area contributed by atoms with Crippen molar-refractivity contribution in [3.8, 4) is 11.3 Å². The molecule has 0 atom stereocenters. The molecule has 3 rings (SSSR count). The average molecular weight is 199 g/mol. The summed E-state index contributed by atoms with van der Waals surface area (Å²) in [6.07, 6.45) is 5.40. The highest BCUT2D eigenvalue weighted by molar-refractivity contribution is 5.77. The molecule has 0 bridgehead atoms. The van der Waals surface area contributed by atoms with Crippen molar-refractivity contribution in [2.75, 3.05) is 5.73 Å². The van der Waals surface area contributed by atoms with Crippen molar-refractivity contribution in [2.24, 2.45) is 0 Å². The largest absolute Gasteiger partial charge is 0.369 e. The summed E-state index contributed by atoms with van der Waals surface area (Å²) in [5.41, 5.74) is 8.45. The van der Waals surface area contributed by atoms with Crippen molar-refractivity contribution < 1.29 is 0 Å². The standard InChI is InChI=1S/C10H9N5/c11-10-12-6-8(14-10)7-5-13-15-4-2-1-3-9(7)15/h1-6H,(H3,11,12,14). The fourth-order valence-electron chi connectivity index (χ4n) is 1.62. The van der Waals surface area contributed by atoms with Crippen molar-refractivity contribution in [1.82, 2.24) is 19.6 Å². The third-order valence-electron chi connectivity index (χ3n) is 2.31. The van der Waals surface area contributed by atoms with E-state index in [4.69, 9.17) is 5.73 Å². The zero-order valence-corrected chi connectivity index (χ0v) is 7.88. The van der Waals surface area contributed by atoms with Crippen molar-refractivity contribution in [3.63, 3.8) is 0 Å². The van der Waals surface area contributed by atoms with Crippen molar-refractivity contribution in [3.05, 3.63) is 36.8 Å². The number of nitrogens with zero attached hydrogens (tertiary/aromatic N) is 3. The number of hydrogen-bond donors (Lipinski definition) is 2. The third kappa shape index (κ3) is 1.17.